The maximum absolute atomic E-state index is 5.32. The fraction of sp³-hybridized carbons (Fsp3) is 0.391. The Hall–Kier alpha value is -2.02. The molecule has 0 heterocycles. The quantitative estimate of drug-likeness (QED) is 0.627. The molecule has 0 bridgehead atoms. The molecule has 1 nitrogen and oxygen atoms in total. The molecule has 1 aliphatic rings. The molecule has 1 heteroatoms. The number of rotatable bonds is 5. The molecule has 24 heavy (non-hydrogen) atoms. The number of benzene rings is 2. The monoisotopic (exact) mass is 320 g/mol. The van der Waals surface area contributed by atoms with Gasteiger partial charge in [-0.1, -0.05) is 49.8 Å². The molecule has 0 amide bonds. The summed E-state index contributed by atoms with van der Waals surface area (Å²) in [4.78, 5) is 0. The largest absolute Gasteiger partial charge is 0.497 e. The fourth-order valence-corrected chi connectivity index (χ4v) is 3.75. The van der Waals surface area contributed by atoms with E-state index in [1.165, 1.54) is 47.1 Å². The van der Waals surface area contributed by atoms with E-state index < -0.39 is 0 Å². The summed E-state index contributed by atoms with van der Waals surface area (Å²) < 4.78 is 5.32. The number of hydrogen-bond donors (Lipinski definition) is 0. The van der Waals surface area contributed by atoms with E-state index in [4.69, 9.17) is 4.74 Å². The predicted molar refractivity (Wildman–Crippen MR) is 103 cm³/mol. The second kappa shape index (κ2) is 7.70. The molecule has 1 aliphatic carbocycles. The lowest BCUT2D eigenvalue weighted by molar-refractivity contribution is 0.414. The third kappa shape index (κ3) is 3.72. The van der Waals surface area contributed by atoms with Gasteiger partial charge in [-0.3, -0.25) is 0 Å². The second-order valence-electron chi connectivity index (χ2n) is 6.87. The third-order valence-corrected chi connectivity index (χ3v) is 5.18. The van der Waals surface area contributed by atoms with Gasteiger partial charge in [-0.15, -0.1) is 0 Å². The van der Waals surface area contributed by atoms with Gasteiger partial charge in [-0.25, -0.2) is 0 Å². The van der Waals surface area contributed by atoms with Gasteiger partial charge in [0, 0.05) is 0 Å². The van der Waals surface area contributed by atoms with Gasteiger partial charge in [0.25, 0.3) is 0 Å². The zero-order chi connectivity index (χ0) is 16.9. The van der Waals surface area contributed by atoms with Crippen LogP contribution in [0.3, 0.4) is 0 Å². The molecule has 0 saturated heterocycles. The van der Waals surface area contributed by atoms with Crippen LogP contribution < -0.4 is 4.74 Å². The number of methoxy groups -OCH3 is 1. The van der Waals surface area contributed by atoms with Crippen LogP contribution in [0.2, 0.25) is 0 Å². The van der Waals surface area contributed by atoms with E-state index in [9.17, 15) is 0 Å². The van der Waals surface area contributed by atoms with Gasteiger partial charge < -0.3 is 4.74 Å². The summed E-state index contributed by atoms with van der Waals surface area (Å²) in [5, 5.41) is 0. The average Bonchev–Trinajstić information content (AvgIpc) is 2.63. The van der Waals surface area contributed by atoms with E-state index in [1.807, 2.05) is 0 Å². The number of allylic oxidation sites excluding steroid dienone is 2. The van der Waals surface area contributed by atoms with Crippen LogP contribution >= 0.6 is 0 Å². The van der Waals surface area contributed by atoms with Crippen molar-refractivity contribution in [2.24, 2.45) is 0 Å². The Morgan fingerprint density at radius 2 is 1.88 bits per heavy atom. The van der Waals surface area contributed by atoms with Crippen molar-refractivity contribution in [3.63, 3.8) is 0 Å². The summed E-state index contributed by atoms with van der Waals surface area (Å²) in [6, 6.07) is 15.7. The van der Waals surface area contributed by atoms with E-state index in [2.05, 4.69) is 62.4 Å². The van der Waals surface area contributed by atoms with Crippen molar-refractivity contribution in [2.75, 3.05) is 7.11 Å². The van der Waals surface area contributed by atoms with E-state index in [0.717, 1.165) is 18.6 Å². The molecule has 0 spiro atoms. The van der Waals surface area contributed by atoms with Crippen LogP contribution in [0.25, 0.3) is 5.57 Å². The molecule has 0 aliphatic heterocycles. The van der Waals surface area contributed by atoms with Crippen molar-refractivity contribution in [3.05, 3.63) is 70.8 Å². The number of hydrogen-bond acceptors (Lipinski definition) is 1. The van der Waals surface area contributed by atoms with Gasteiger partial charge in [0.1, 0.15) is 5.75 Å². The first-order valence-corrected chi connectivity index (χ1v) is 9.14. The van der Waals surface area contributed by atoms with Crippen LogP contribution in [0, 0.1) is 6.92 Å². The molecule has 1 unspecified atom stereocenters. The Balaban J connectivity index is 1.71. The van der Waals surface area contributed by atoms with Gasteiger partial charge >= 0.3 is 0 Å². The predicted octanol–water partition coefficient (Wildman–Crippen LogP) is 6.31. The van der Waals surface area contributed by atoms with Crippen molar-refractivity contribution >= 4 is 5.57 Å². The molecule has 3 rings (SSSR count). The minimum Gasteiger partial charge on any atom is -0.497 e. The molecule has 0 radical (unpaired) electrons. The minimum atomic E-state index is 0.669. The maximum atomic E-state index is 5.32. The Morgan fingerprint density at radius 3 is 2.46 bits per heavy atom. The summed E-state index contributed by atoms with van der Waals surface area (Å²) in [5.41, 5.74) is 7.14. The van der Waals surface area contributed by atoms with Crippen molar-refractivity contribution in [1.82, 2.24) is 0 Å². The first kappa shape index (κ1) is 16.8. The molecule has 2 aromatic carbocycles. The summed E-state index contributed by atoms with van der Waals surface area (Å²) in [7, 11) is 1.73. The molecule has 0 fully saturated rings. The summed E-state index contributed by atoms with van der Waals surface area (Å²) in [6.45, 7) is 4.42. The standard InChI is InChI=1S/C23H28O/c1-4-5-18-6-8-19(9-7-18)20-10-12-21(13-11-20)23-15-14-22(24-3)16-17(23)2/h6-9,12,14-16,20H,4-5,10-11,13H2,1-3H3. The van der Waals surface area contributed by atoms with Crippen LogP contribution in [0.4, 0.5) is 0 Å². The second-order valence-corrected chi connectivity index (χ2v) is 6.87. The molecule has 126 valence electrons. The smallest absolute Gasteiger partial charge is 0.119 e. The SMILES string of the molecule is CCCc1ccc(C2CC=C(c3ccc(OC)cc3C)CC2)cc1. The molecule has 0 saturated carbocycles. The summed E-state index contributed by atoms with van der Waals surface area (Å²) in [6.07, 6.45) is 8.40. The summed E-state index contributed by atoms with van der Waals surface area (Å²) in [5.74, 6) is 1.61. The van der Waals surface area contributed by atoms with Crippen molar-refractivity contribution in [1.29, 1.82) is 0 Å². The lowest BCUT2D eigenvalue weighted by Gasteiger charge is -2.23. The average molecular weight is 320 g/mol. The van der Waals surface area contributed by atoms with Gasteiger partial charge in [0.05, 0.1) is 7.11 Å². The summed E-state index contributed by atoms with van der Waals surface area (Å²) >= 11 is 0. The van der Waals surface area contributed by atoms with Crippen LogP contribution in [0.1, 0.15) is 60.8 Å². The lowest BCUT2D eigenvalue weighted by atomic mass is 9.81. The van der Waals surface area contributed by atoms with Crippen molar-refractivity contribution < 1.29 is 4.74 Å². The van der Waals surface area contributed by atoms with Crippen molar-refractivity contribution in [3.8, 4) is 5.75 Å². The molecule has 0 aromatic heterocycles. The lowest BCUT2D eigenvalue weighted by Crippen LogP contribution is -2.05. The number of aryl methyl sites for hydroxylation is 2. The number of ether oxygens (including phenoxy) is 1. The van der Waals surface area contributed by atoms with Gasteiger partial charge in [-0.2, -0.15) is 0 Å². The zero-order valence-corrected chi connectivity index (χ0v) is 15.1. The Labute approximate surface area is 146 Å². The Morgan fingerprint density at radius 1 is 1.08 bits per heavy atom. The minimum absolute atomic E-state index is 0.669. The third-order valence-electron chi connectivity index (χ3n) is 5.18. The zero-order valence-electron chi connectivity index (χ0n) is 15.1. The van der Waals surface area contributed by atoms with E-state index in [0.29, 0.717) is 5.92 Å². The van der Waals surface area contributed by atoms with E-state index in [-0.39, 0.29) is 0 Å². The first-order chi connectivity index (χ1) is 11.7. The highest BCUT2D eigenvalue weighted by atomic mass is 16.5. The molecule has 1 atom stereocenters. The topological polar surface area (TPSA) is 9.23 Å². The van der Waals surface area contributed by atoms with Gasteiger partial charge in [0.2, 0.25) is 0 Å². The highest BCUT2D eigenvalue weighted by Crippen LogP contribution is 2.37. The Bertz CT molecular complexity index is 709. The molecule has 0 N–H and O–H groups in total. The Kier molecular flexibility index (Phi) is 5.40. The fourth-order valence-electron chi connectivity index (χ4n) is 3.75. The van der Waals surface area contributed by atoms with E-state index in [1.54, 1.807) is 7.11 Å². The van der Waals surface area contributed by atoms with Crippen molar-refractivity contribution in [2.45, 2.75) is 51.9 Å². The van der Waals surface area contributed by atoms with Crippen LogP contribution in [-0.2, 0) is 6.42 Å². The van der Waals surface area contributed by atoms with E-state index >= 15 is 0 Å². The first-order valence-electron chi connectivity index (χ1n) is 9.14. The highest BCUT2D eigenvalue weighted by Gasteiger charge is 2.18. The van der Waals surface area contributed by atoms with Crippen LogP contribution in [0.5, 0.6) is 5.75 Å². The van der Waals surface area contributed by atoms with Crippen LogP contribution in [0.15, 0.2) is 48.5 Å². The molecular weight excluding hydrogens is 292 g/mol. The molecule has 2 aromatic rings. The maximum Gasteiger partial charge on any atom is 0.119 e. The molecular formula is C23H28O. The van der Waals surface area contributed by atoms with Crippen LogP contribution in [-0.4, -0.2) is 7.11 Å². The van der Waals surface area contributed by atoms with Gasteiger partial charge in [0.15, 0.2) is 0 Å². The highest BCUT2D eigenvalue weighted by molar-refractivity contribution is 5.69. The normalized spacial score (nSPS) is 17.5. The van der Waals surface area contributed by atoms with Gasteiger partial charge in [-0.05, 0) is 78.5 Å².